The van der Waals surface area contributed by atoms with Crippen LogP contribution >= 0.6 is 0 Å². The molecule has 0 amide bonds. The SMILES string of the molecule is OB(O)C1=CCOC=C1. The first kappa shape index (κ1) is 6.39. The summed E-state index contributed by atoms with van der Waals surface area (Å²) in [5, 5.41) is 17.1. The Kier molecular flexibility index (Phi) is 1.92. The van der Waals surface area contributed by atoms with Crippen molar-refractivity contribution in [1.29, 1.82) is 0 Å². The Bertz CT molecular complexity index is 150. The Hall–Kier alpha value is -0.735. The lowest BCUT2D eigenvalue weighted by molar-refractivity contribution is 0.284. The molecule has 1 heterocycles. The summed E-state index contributed by atoms with van der Waals surface area (Å²) in [6, 6.07) is 0. The van der Waals surface area contributed by atoms with Gasteiger partial charge in [0.2, 0.25) is 0 Å². The highest BCUT2D eigenvalue weighted by molar-refractivity contribution is 6.51. The van der Waals surface area contributed by atoms with Gasteiger partial charge in [0, 0.05) is 0 Å². The molecular weight excluding hydrogens is 119 g/mol. The third-order valence-corrected chi connectivity index (χ3v) is 1.07. The molecule has 0 radical (unpaired) electrons. The van der Waals surface area contributed by atoms with Gasteiger partial charge in [-0.05, 0) is 17.6 Å². The molecular formula is C5H7BO3. The number of allylic oxidation sites excluding steroid dienone is 2. The second-order valence-electron chi connectivity index (χ2n) is 1.71. The van der Waals surface area contributed by atoms with Crippen molar-refractivity contribution in [3.05, 3.63) is 23.9 Å². The molecule has 0 saturated carbocycles. The third kappa shape index (κ3) is 1.59. The second kappa shape index (κ2) is 2.71. The number of ether oxygens (including phenoxy) is 1. The van der Waals surface area contributed by atoms with E-state index in [1.807, 2.05) is 0 Å². The maximum Gasteiger partial charge on any atom is 0.488 e. The Morgan fingerprint density at radius 2 is 2.33 bits per heavy atom. The summed E-state index contributed by atoms with van der Waals surface area (Å²) < 4.78 is 4.77. The average molecular weight is 126 g/mol. The van der Waals surface area contributed by atoms with E-state index in [0.29, 0.717) is 12.1 Å². The van der Waals surface area contributed by atoms with Crippen molar-refractivity contribution in [2.45, 2.75) is 0 Å². The quantitative estimate of drug-likeness (QED) is 0.464. The van der Waals surface area contributed by atoms with Crippen molar-refractivity contribution in [3.8, 4) is 0 Å². The van der Waals surface area contributed by atoms with Crippen LogP contribution in [0.2, 0.25) is 0 Å². The molecule has 0 aromatic heterocycles. The van der Waals surface area contributed by atoms with E-state index in [1.54, 1.807) is 6.08 Å². The molecule has 0 unspecified atom stereocenters. The monoisotopic (exact) mass is 126 g/mol. The van der Waals surface area contributed by atoms with Gasteiger partial charge < -0.3 is 14.8 Å². The minimum Gasteiger partial charge on any atom is -0.497 e. The molecule has 1 aliphatic heterocycles. The van der Waals surface area contributed by atoms with E-state index >= 15 is 0 Å². The van der Waals surface area contributed by atoms with E-state index in [9.17, 15) is 0 Å². The van der Waals surface area contributed by atoms with Crippen LogP contribution in [0.15, 0.2) is 23.9 Å². The van der Waals surface area contributed by atoms with Crippen LogP contribution in [0.3, 0.4) is 0 Å². The normalized spacial score (nSPS) is 16.4. The Morgan fingerprint density at radius 3 is 2.67 bits per heavy atom. The predicted octanol–water partition coefficient (Wildman–Crippen LogP) is -0.531. The smallest absolute Gasteiger partial charge is 0.488 e. The number of hydrogen-bond donors (Lipinski definition) is 2. The molecule has 3 nitrogen and oxygen atoms in total. The third-order valence-electron chi connectivity index (χ3n) is 1.07. The standard InChI is InChI=1S/C5H7BO3/c7-6(8)5-1-3-9-4-2-5/h1-3,7-8H,4H2. The van der Waals surface area contributed by atoms with Gasteiger partial charge >= 0.3 is 7.12 Å². The molecule has 48 valence electrons. The van der Waals surface area contributed by atoms with Gasteiger partial charge in [0.1, 0.15) is 6.61 Å². The van der Waals surface area contributed by atoms with Gasteiger partial charge in [-0.2, -0.15) is 0 Å². The van der Waals surface area contributed by atoms with E-state index in [2.05, 4.69) is 0 Å². The minimum absolute atomic E-state index is 0.420. The highest BCUT2D eigenvalue weighted by Crippen LogP contribution is 2.03. The van der Waals surface area contributed by atoms with Crippen LogP contribution in [0.25, 0.3) is 0 Å². The first-order valence-corrected chi connectivity index (χ1v) is 2.65. The molecule has 0 atom stereocenters. The zero-order chi connectivity index (χ0) is 6.69. The molecule has 0 fully saturated rings. The van der Waals surface area contributed by atoms with Crippen LogP contribution in [0.1, 0.15) is 0 Å². The van der Waals surface area contributed by atoms with Crippen LogP contribution in [0.5, 0.6) is 0 Å². The number of hydrogen-bond acceptors (Lipinski definition) is 3. The number of rotatable bonds is 1. The van der Waals surface area contributed by atoms with Gasteiger partial charge in [0.05, 0.1) is 6.26 Å². The summed E-state index contributed by atoms with van der Waals surface area (Å²) in [5.41, 5.74) is 0.487. The zero-order valence-corrected chi connectivity index (χ0v) is 4.82. The van der Waals surface area contributed by atoms with Crippen molar-refractivity contribution < 1.29 is 14.8 Å². The van der Waals surface area contributed by atoms with E-state index in [-0.39, 0.29) is 0 Å². The van der Waals surface area contributed by atoms with Crippen LogP contribution in [-0.2, 0) is 4.74 Å². The van der Waals surface area contributed by atoms with Crippen molar-refractivity contribution in [3.63, 3.8) is 0 Å². The van der Waals surface area contributed by atoms with Crippen LogP contribution < -0.4 is 0 Å². The molecule has 0 aliphatic carbocycles. The molecule has 0 aromatic rings. The summed E-state index contributed by atoms with van der Waals surface area (Å²) in [6.45, 7) is 0.420. The summed E-state index contributed by atoms with van der Waals surface area (Å²) in [6.07, 6.45) is 4.58. The molecule has 0 aromatic carbocycles. The average Bonchev–Trinajstić information content (AvgIpc) is 1.90. The topological polar surface area (TPSA) is 49.7 Å². The second-order valence-corrected chi connectivity index (χ2v) is 1.71. The minimum atomic E-state index is -1.37. The van der Waals surface area contributed by atoms with Gasteiger partial charge in [-0.25, -0.2) is 0 Å². The first-order valence-electron chi connectivity index (χ1n) is 2.65. The molecule has 4 heteroatoms. The van der Waals surface area contributed by atoms with Crippen molar-refractivity contribution in [1.82, 2.24) is 0 Å². The molecule has 0 saturated heterocycles. The molecule has 0 bridgehead atoms. The van der Waals surface area contributed by atoms with E-state index < -0.39 is 7.12 Å². The van der Waals surface area contributed by atoms with Crippen molar-refractivity contribution in [2.75, 3.05) is 6.61 Å². The fourth-order valence-electron chi connectivity index (χ4n) is 0.586. The van der Waals surface area contributed by atoms with Gasteiger partial charge in [-0.3, -0.25) is 0 Å². The fraction of sp³-hybridized carbons (Fsp3) is 0.200. The van der Waals surface area contributed by atoms with Gasteiger partial charge in [-0.1, -0.05) is 0 Å². The molecule has 1 aliphatic rings. The first-order chi connectivity index (χ1) is 4.30. The van der Waals surface area contributed by atoms with Gasteiger partial charge in [0.15, 0.2) is 0 Å². The molecule has 1 rings (SSSR count). The Morgan fingerprint density at radius 1 is 1.56 bits per heavy atom. The fourth-order valence-corrected chi connectivity index (χ4v) is 0.586. The summed E-state index contributed by atoms with van der Waals surface area (Å²) in [5.74, 6) is 0. The van der Waals surface area contributed by atoms with Gasteiger partial charge in [0.25, 0.3) is 0 Å². The molecule has 2 N–H and O–H groups in total. The lowest BCUT2D eigenvalue weighted by Gasteiger charge is -2.05. The lowest BCUT2D eigenvalue weighted by Crippen LogP contribution is -2.15. The summed E-state index contributed by atoms with van der Waals surface area (Å²) >= 11 is 0. The highest BCUT2D eigenvalue weighted by atomic mass is 16.5. The maximum absolute atomic E-state index is 8.56. The zero-order valence-electron chi connectivity index (χ0n) is 4.82. The van der Waals surface area contributed by atoms with E-state index in [0.717, 1.165) is 0 Å². The Labute approximate surface area is 53.4 Å². The van der Waals surface area contributed by atoms with Crippen LogP contribution in [0, 0.1) is 0 Å². The molecule has 9 heavy (non-hydrogen) atoms. The van der Waals surface area contributed by atoms with Crippen molar-refractivity contribution in [2.24, 2.45) is 0 Å². The van der Waals surface area contributed by atoms with E-state index in [1.165, 1.54) is 12.3 Å². The summed E-state index contributed by atoms with van der Waals surface area (Å²) in [7, 11) is -1.37. The van der Waals surface area contributed by atoms with Crippen LogP contribution in [0.4, 0.5) is 0 Å². The molecule has 0 spiro atoms. The van der Waals surface area contributed by atoms with Crippen molar-refractivity contribution >= 4 is 7.12 Å². The maximum atomic E-state index is 8.56. The Balaban J connectivity index is 2.58. The largest absolute Gasteiger partial charge is 0.497 e. The van der Waals surface area contributed by atoms with E-state index in [4.69, 9.17) is 14.8 Å². The van der Waals surface area contributed by atoms with Gasteiger partial charge in [-0.15, -0.1) is 0 Å². The predicted molar refractivity (Wildman–Crippen MR) is 33.4 cm³/mol. The highest BCUT2D eigenvalue weighted by Gasteiger charge is 2.12. The van der Waals surface area contributed by atoms with Crippen LogP contribution in [-0.4, -0.2) is 23.8 Å². The summed E-state index contributed by atoms with van der Waals surface area (Å²) in [4.78, 5) is 0. The lowest BCUT2D eigenvalue weighted by atomic mass is 9.79.